The molecule has 0 radical (unpaired) electrons. The van der Waals surface area contributed by atoms with Gasteiger partial charge in [0.2, 0.25) is 5.91 Å². The number of carbonyl (C=O) groups is 2. The predicted octanol–water partition coefficient (Wildman–Crippen LogP) is 2.80. The standard InChI is InChI=1S/C15H21NO3S2/c1-11-5-3-4-6-13(11)21-10-8-14(17)16-12(15(18)19)7-9-20-2/h3-6,12H,7-10H2,1-2H3,(H,16,17)(H,18,19). The Morgan fingerprint density at radius 3 is 2.62 bits per heavy atom. The van der Waals surface area contributed by atoms with Gasteiger partial charge in [-0.25, -0.2) is 4.79 Å². The van der Waals surface area contributed by atoms with Gasteiger partial charge in [-0.2, -0.15) is 11.8 Å². The molecule has 0 saturated carbocycles. The van der Waals surface area contributed by atoms with Gasteiger partial charge in [-0.1, -0.05) is 18.2 Å². The van der Waals surface area contributed by atoms with E-state index in [2.05, 4.69) is 5.32 Å². The molecule has 0 heterocycles. The molecule has 116 valence electrons. The number of carboxylic acid groups (broad SMARTS) is 1. The van der Waals surface area contributed by atoms with E-state index < -0.39 is 12.0 Å². The summed E-state index contributed by atoms with van der Waals surface area (Å²) in [7, 11) is 0. The maximum absolute atomic E-state index is 11.8. The molecule has 1 aromatic rings. The second kappa shape index (κ2) is 9.73. The van der Waals surface area contributed by atoms with Gasteiger partial charge in [0.1, 0.15) is 6.04 Å². The van der Waals surface area contributed by atoms with Gasteiger partial charge in [0.25, 0.3) is 0 Å². The molecule has 1 rings (SSSR count). The topological polar surface area (TPSA) is 66.4 Å². The lowest BCUT2D eigenvalue weighted by molar-refractivity contribution is -0.141. The highest BCUT2D eigenvalue weighted by Gasteiger charge is 2.18. The molecule has 0 aliphatic rings. The first-order chi connectivity index (χ1) is 10.0. The smallest absolute Gasteiger partial charge is 0.326 e. The van der Waals surface area contributed by atoms with E-state index in [1.807, 2.05) is 37.4 Å². The van der Waals surface area contributed by atoms with Crippen molar-refractivity contribution in [3.63, 3.8) is 0 Å². The van der Waals surface area contributed by atoms with Crippen LogP contribution in [-0.2, 0) is 9.59 Å². The van der Waals surface area contributed by atoms with Crippen molar-refractivity contribution in [2.75, 3.05) is 17.8 Å². The predicted molar refractivity (Wildman–Crippen MR) is 89.1 cm³/mol. The number of nitrogens with one attached hydrogen (secondary N) is 1. The number of rotatable bonds is 9. The average Bonchev–Trinajstić information content (AvgIpc) is 2.45. The van der Waals surface area contributed by atoms with Crippen molar-refractivity contribution in [1.82, 2.24) is 5.32 Å². The fraction of sp³-hybridized carbons (Fsp3) is 0.467. The van der Waals surface area contributed by atoms with Crippen LogP contribution in [0, 0.1) is 6.92 Å². The van der Waals surface area contributed by atoms with Gasteiger partial charge in [0.05, 0.1) is 0 Å². The van der Waals surface area contributed by atoms with Crippen LogP contribution in [0.1, 0.15) is 18.4 Å². The number of carboxylic acids is 1. The molecular weight excluding hydrogens is 306 g/mol. The van der Waals surface area contributed by atoms with Gasteiger partial charge < -0.3 is 10.4 Å². The number of aliphatic carboxylic acids is 1. The molecule has 1 atom stereocenters. The van der Waals surface area contributed by atoms with E-state index in [1.54, 1.807) is 23.5 Å². The summed E-state index contributed by atoms with van der Waals surface area (Å²) in [6.45, 7) is 2.03. The Kier molecular flexibility index (Phi) is 8.30. The number of carbonyl (C=O) groups excluding carboxylic acids is 1. The van der Waals surface area contributed by atoms with E-state index in [4.69, 9.17) is 5.11 Å². The van der Waals surface area contributed by atoms with E-state index in [1.165, 1.54) is 5.56 Å². The minimum Gasteiger partial charge on any atom is -0.480 e. The van der Waals surface area contributed by atoms with Gasteiger partial charge in [0, 0.05) is 17.1 Å². The lowest BCUT2D eigenvalue weighted by atomic mass is 10.2. The van der Waals surface area contributed by atoms with Crippen molar-refractivity contribution < 1.29 is 14.7 Å². The zero-order valence-electron chi connectivity index (χ0n) is 12.3. The third-order valence-electron chi connectivity index (χ3n) is 2.92. The van der Waals surface area contributed by atoms with Crippen molar-refractivity contribution >= 4 is 35.4 Å². The summed E-state index contributed by atoms with van der Waals surface area (Å²) >= 11 is 3.19. The zero-order chi connectivity index (χ0) is 15.7. The van der Waals surface area contributed by atoms with E-state index >= 15 is 0 Å². The summed E-state index contributed by atoms with van der Waals surface area (Å²) in [4.78, 5) is 24.0. The van der Waals surface area contributed by atoms with Gasteiger partial charge in [0.15, 0.2) is 0 Å². The van der Waals surface area contributed by atoms with Crippen LogP contribution in [0.15, 0.2) is 29.2 Å². The van der Waals surface area contributed by atoms with Gasteiger partial charge >= 0.3 is 5.97 Å². The molecule has 0 saturated heterocycles. The Bertz CT molecular complexity index is 480. The summed E-state index contributed by atoms with van der Waals surface area (Å²) in [6, 6.07) is 7.23. The highest BCUT2D eigenvalue weighted by Crippen LogP contribution is 2.22. The largest absolute Gasteiger partial charge is 0.480 e. The summed E-state index contributed by atoms with van der Waals surface area (Å²) in [5.74, 6) is 0.189. The van der Waals surface area contributed by atoms with Crippen LogP contribution >= 0.6 is 23.5 Å². The van der Waals surface area contributed by atoms with Crippen LogP contribution in [0.5, 0.6) is 0 Å². The summed E-state index contributed by atoms with van der Waals surface area (Å²) in [5.41, 5.74) is 1.19. The third kappa shape index (κ3) is 6.91. The summed E-state index contributed by atoms with van der Waals surface area (Å²) in [6.07, 6.45) is 2.69. The number of thioether (sulfide) groups is 2. The van der Waals surface area contributed by atoms with Crippen LogP contribution in [-0.4, -0.2) is 40.8 Å². The molecule has 1 aromatic carbocycles. The zero-order valence-corrected chi connectivity index (χ0v) is 13.9. The molecule has 0 aliphatic heterocycles. The van der Waals surface area contributed by atoms with E-state index in [0.29, 0.717) is 18.6 Å². The molecule has 21 heavy (non-hydrogen) atoms. The quantitative estimate of drug-likeness (QED) is 0.683. The Morgan fingerprint density at radius 1 is 1.29 bits per heavy atom. The first-order valence-corrected chi connectivity index (χ1v) is 9.12. The molecule has 0 aromatic heterocycles. The van der Waals surface area contributed by atoms with Crippen molar-refractivity contribution in [1.29, 1.82) is 0 Å². The normalized spacial score (nSPS) is 11.9. The van der Waals surface area contributed by atoms with Gasteiger partial charge in [-0.3, -0.25) is 4.79 Å². The molecule has 2 N–H and O–H groups in total. The molecule has 6 heteroatoms. The molecule has 0 spiro atoms. The Morgan fingerprint density at radius 2 is 2.00 bits per heavy atom. The first-order valence-electron chi connectivity index (χ1n) is 6.74. The van der Waals surface area contributed by atoms with Crippen LogP contribution in [0.3, 0.4) is 0 Å². The Hall–Kier alpha value is -1.14. The summed E-state index contributed by atoms with van der Waals surface area (Å²) in [5, 5.41) is 11.6. The van der Waals surface area contributed by atoms with Crippen molar-refractivity contribution in [2.24, 2.45) is 0 Å². The van der Waals surface area contributed by atoms with Gasteiger partial charge in [-0.05, 0) is 37.0 Å². The molecule has 0 aliphatic carbocycles. The van der Waals surface area contributed by atoms with E-state index in [9.17, 15) is 9.59 Å². The second-order valence-electron chi connectivity index (χ2n) is 4.60. The minimum atomic E-state index is -0.969. The number of hydrogen-bond donors (Lipinski definition) is 2. The van der Waals surface area contributed by atoms with Crippen molar-refractivity contribution in [3.05, 3.63) is 29.8 Å². The third-order valence-corrected chi connectivity index (χ3v) is 4.75. The lowest BCUT2D eigenvalue weighted by Crippen LogP contribution is -2.41. The summed E-state index contributed by atoms with van der Waals surface area (Å²) < 4.78 is 0. The van der Waals surface area contributed by atoms with Crippen LogP contribution < -0.4 is 5.32 Å². The first kappa shape index (κ1) is 17.9. The Balaban J connectivity index is 2.36. The maximum atomic E-state index is 11.8. The van der Waals surface area contributed by atoms with Crippen molar-refractivity contribution in [3.8, 4) is 0 Å². The highest BCUT2D eigenvalue weighted by molar-refractivity contribution is 7.99. The van der Waals surface area contributed by atoms with Crippen LogP contribution in [0.4, 0.5) is 0 Å². The molecule has 0 bridgehead atoms. The molecular formula is C15H21NO3S2. The van der Waals surface area contributed by atoms with Crippen LogP contribution in [0.25, 0.3) is 0 Å². The second-order valence-corrected chi connectivity index (χ2v) is 6.73. The maximum Gasteiger partial charge on any atom is 0.326 e. The Labute approximate surface area is 134 Å². The fourth-order valence-corrected chi connectivity index (χ4v) is 3.18. The fourth-order valence-electron chi connectivity index (χ4n) is 1.73. The molecule has 1 unspecified atom stereocenters. The average molecular weight is 327 g/mol. The van der Waals surface area contributed by atoms with Crippen LogP contribution in [0.2, 0.25) is 0 Å². The van der Waals surface area contributed by atoms with Crippen molar-refractivity contribution in [2.45, 2.75) is 30.7 Å². The number of amides is 1. The SMILES string of the molecule is CSCCC(NC(=O)CCSc1ccccc1C)C(=O)O. The molecule has 1 amide bonds. The number of hydrogen-bond acceptors (Lipinski definition) is 4. The lowest BCUT2D eigenvalue weighted by Gasteiger charge is -2.13. The van der Waals surface area contributed by atoms with E-state index in [-0.39, 0.29) is 5.91 Å². The van der Waals surface area contributed by atoms with Gasteiger partial charge in [-0.15, -0.1) is 11.8 Å². The number of benzene rings is 1. The number of aryl methyl sites for hydroxylation is 1. The molecule has 0 fully saturated rings. The highest BCUT2D eigenvalue weighted by atomic mass is 32.2. The minimum absolute atomic E-state index is 0.204. The molecule has 4 nitrogen and oxygen atoms in total. The van der Waals surface area contributed by atoms with E-state index in [0.717, 1.165) is 10.6 Å². The monoisotopic (exact) mass is 327 g/mol.